The Morgan fingerprint density at radius 1 is 1.42 bits per heavy atom. The smallest absolute Gasteiger partial charge is 0.217 e. The highest BCUT2D eigenvalue weighted by molar-refractivity contribution is 5.73. The van der Waals surface area contributed by atoms with Crippen molar-refractivity contribution in [3.05, 3.63) is 20.9 Å². The van der Waals surface area contributed by atoms with Gasteiger partial charge in [-0.15, -0.1) is 0 Å². The number of carbonyl (C=O) groups is 1. The van der Waals surface area contributed by atoms with Crippen LogP contribution < -0.4 is 5.32 Å². The fourth-order valence-corrected chi connectivity index (χ4v) is 1.81. The van der Waals surface area contributed by atoms with Crippen molar-refractivity contribution in [1.82, 2.24) is 5.32 Å². The summed E-state index contributed by atoms with van der Waals surface area (Å²) in [4.78, 5) is 16.0. The van der Waals surface area contributed by atoms with Gasteiger partial charge in [-0.25, -0.2) is 0 Å². The van der Waals surface area contributed by atoms with E-state index in [1.54, 1.807) is 0 Å². The van der Waals surface area contributed by atoms with E-state index in [1.807, 2.05) is 0 Å². The van der Waals surface area contributed by atoms with E-state index < -0.39 is 36.5 Å². The molecule has 1 amide bonds. The van der Waals surface area contributed by atoms with Crippen LogP contribution in [0.3, 0.4) is 0 Å². The van der Waals surface area contributed by atoms with Gasteiger partial charge in [0.15, 0.2) is 6.29 Å². The van der Waals surface area contributed by atoms with Crippen LogP contribution in [0.4, 0.5) is 0 Å². The van der Waals surface area contributed by atoms with E-state index >= 15 is 0 Å². The maximum atomic E-state index is 11.0. The molecule has 11 heteroatoms. The minimum atomic E-state index is -1.50. The second-order valence-corrected chi connectivity index (χ2v) is 3.89. The molecule has 0 aromatic carbocycles. The van der Waals surface area contributed by atoms with Crippen molar-refractivity contribution in [3.63, 3.8) is 0 Å². The molecule has 0 spiro atoms. The van der Waals surface area contributed by atoms with Gasteiger partial charge in [-0.3, -0.25) is 4.79 Å². The molecule has 1 fully saturated rings. The van der Waals surface area contributed by atoms with Crippen LogP contribution in [-0.2, 0) is 9.53 Å². The zero-order chi connectivity index (χ0) is 14.4. The Kier molecular flexibility index (Phi) is 5.37. The monoisotopic (exact) mass is 271 g/mol. The average Bonchev–Trinajstić information content (AvgIpc) is 2.35. The SMILES string of the molecule is CC(=O)NC1[C@H](O)OC(CN=[N+]=[N-])[C@@H](N=[N+]=[N-])[C@@H]1O. The predicted octanol–water partition coefficient (Wildman–Crippen LogP) is -0.442. The summed E-state index contributed by atoms with van der Waals surface area (Å²) < 4.78 is 5.09. The summed E-state index contributed by atoms with van der Waals surface area (Å²) >= 11 is 0. The molecule has 0 aliphatic carbocycles. The van der Waals surface area contributed by atoms with Gasteiger partial charge >= 0.3 is 0 Å². The molecule has 0 aromatic rings. The number of rotatable bonds is 4. The van der Waals surface area contributed by atoms with Gasteiger partial charge in [0.25, 0.3) is 0 Å². The molecule has 0 bridgehead atoms. The molecular weight excluding hydrogens is 258 g/mol. The number of nitrogens with one attached hydrogen (secondary N) is 1. The molecule has 1 rings (SSSR count). The van der Waals surface area contributed by atoms with Crippen LogP contribution in [0.2, 0.25) is 0 Å². The van der Waals surface area contributed by atoms with Crippen molar-refractivity contribution in [1.29, 1.82) is 0 Å². The Labute approximate surface area is 107 Å². The predicted molar refractivity (Wildman–Crippen MR) is 61.4 cm³/mol. The summed E-state index contributed by atoms with van der Waals surface area (Å²) in [6.45, 7) is 0.981. The molecule has 0 saturated carbocycles. The maximum absolute atomic E-state index is 11.0. The molecule has 1 aliphatic heterocycles. The molecule has 2 unspecified atom stereocenters. The summed E-state index contributed by atoms with van der Waals surface area (Å²) in [7, 11) is 0. The van der Waals surface area contributed by atoms with Crippen LogP contribution in [0.25, 0.3) is 20.9 Å². The zero-order valence-corrected chi connectivity index (χ0v) is 9.99. The third kappa shape index (κ3) is 3.71. The van der Waals surface area contributed by atoms with E-state index in [1.165, 1.54) is 6.92 Å². The lowest BCUT2D eigenvalue weighted by Gasteiger charge is -2.40. The highest BCUT2D eigenvalue weighted by atomic mass is 16.6. The number of aliphatic hydroxyl groups is 2. The normalized spacial score (nSPS) is 33.7. The van der Waals surface area contributed by atoms with Gasteiger partial charge in [-0.1, -0.05) is 10.2 Å². The van der Waals surface area contributed by atoms with Gasteiger partial charge < -0.3 is 20.3 Å². The Balaban J connectivity index is 2.93. The first kappa shape index (κ1) is 15.0. The second-order valence-electron chi connectivity index (χ2n) is 3.89. The Morgan fingerprint density at radius 3 is 2.63 bits per heavy atom. The van der Waals surface area contributed by atoms with Crippen LogP contribution in [0.5, 0.6) is 0 Å². The summed E-state index contributed by atoms with van der Waals surface area (Å²) in [6, 6.07) is -2.22. The van der Waals surface area contributed by atoms with Crippen molar-refractivity contribution in [2.24, 2.45) is 10.2 Å². The zero-order valence-electron chi connectivity index (χ0n) is 9.99. The Bertz CT molecular complexity index is 431. The van der Waals surface area contributed by atoms with Crippen molar-refractivity contribution in [2.75, 3.05) is 6.54 Å². The third-order valence-electron chi connectivity index (χ3n) is 2.60. The number of amides is 1. The van der Waals surface area contributed by atoms with E-state index in [0.29, 0.717) is 0 Å². The van der Waals surface area contributed by atoms with Gasteiger partial charge in [-0.2, -0.15) is 0 Å². The molecule has 0 aromatic heterocycles. The first-order chi connectivity index (χ1) is 9.01. The number of hydrogen-bond acceptors (Lipinski definition) is 6. The number of carbonyl (C=O) groups excluding carboxylic acids is 1. The van der Waals surface area contributed by atoms with Crippen molar-refractivity contribution < 1.29 is 19.7 Å². The second kappa shape index (κ2) is 6.78. The van der Waals surface area contributed by atoms with Gasteiger partial charge in [0, 0.05) is 16.7 Å². The Hall–Kier alpha value is -2.03. The summed E-state index contributed by atoms with van der Waals surface area (Å²) in [5.74, 6) is -0.486. The highest BCUT2D eigenvalue weighted by Crippen LogP contribution is 2.23. The molecule has 1 heterocycles. The maximum Gasteiger partial charge on any atom is 0.217 e. The molecule has 11 nitrogen and oxygen atoms in total. The number of aliphatic hydroxyl groups excluding tert-OH is 2. The van der Waals surface area contributed by atoms with Gasteiger partial charge in [-0.05, 0) is 11.1 Å². The molecule has 0 radical (unpaired) electrons. The lowest BCUT2D eigenvalue weighted by atomic mass is 9.95. The van der Waals surface area contributed by atoms with E-state index in [4.69, 9.17) is 15.8 Å². The number of hydrogen-bond donors (Lipinski definition) is 3. The van der Waals surface area contributed by atoms with Gasteiger partial charge in [0.05, 0.1) is 24.8 Å². The molecule has 3 N–H and O–H groups in total. The lowest BCUT2D eigenvalue weighted by Crippen LogP contribution is -2.63. The van der Waals surface area contributed by atoms with Crippen LogP contribution in [0, 0.1) is 0 Å². The molecule has 104 valence electrons. The Morgan fingerprint density at radius 2 is 2.11 bits per heavy atom. The van der Waals surface area contributed by atoms with Gasteiger partial charge in [0.1, 0.15) is 6.04 Å². The first-order valence-corrected chi connectivity index (χ1v) is 5.35. The third-order valence-corrected chi connectivity index (χ3v) is 2.60. The topological polar surface area (TPSA) is 176 Å². The van der Waals surface area contributed by atoms with Crippen LogP contribution >= 0.6 is 0 Å². The standard InChI is InChI=1S/C8H13N7O4/c1-3(16)12-6-7(17)5(13-15-10)4(2-11-14-9)19-8(6)18/h4-8,17-18H,2H2,1H3,(H,12,16)/t4?,5-,6?,7+,8-/m1/s1. The molecule has 1 saturated heterocycles. The number of ether oxygens (including phenoxy) is 1. The molecule has 19 heavy (non-hydrogen) atoms. The fourth-order valence-electron chi connectivity index (χ4n) is 1.81. The minimum Gasteiger partial charge on any atom is -0.390 e. The van der Waals surface area contributed by atoms with E-state index in [2.05, 4.69) is 25.4 Å². The molecule has 1 aliphatic rings. The van der Waals surface area contributed by atoms with Crippen molar-refractivity contribution in [3.8, 4) is 0 Å². The van der Waals surface area contributed by atoms with Crippen molar-refractivity contribution in [2.45, 2.75) is 37.5 Å². The van der Waals surface area contributed by atoms with Crippen LogP contribution in [0.1, 0.15) is 6.92 Å². The molecular formula is C8H13N7O4. The largest absolute Gasteiger partial charge is 0.390 e. The van der Waals surface area contributed by atoms with E-state index in [9.17, 15) is 15.0 Å². The number of azide groups is 2. The lowest BCUT2D eigenvalue weighted by molar-refractivity contribution is -0.211. The van der Waals surface area contributed by atoms with Gasteiger partial charge in [0.2, 0.25) is 5.91 Å². The van der Waals surface area contributed by atoms with E-state index in [-0.39, 0.29) is 6.54 Å². The molecule has 5 atom stereocenters. The highest BCUT2D eigenvalue weighted by Gasteiger charge is 2.44. The quantitative estimate of drug-likeness (QED) is 0.356. The first-order valence-electron chi connectivity index (χ1n) is 5.35. The average molecular weight is 271 g/mol. The number of nitrogens with zero attached hydrogens (tertiary/aromatic N) is 6. The van der Waals surface area contributed by atoms with Crippen LogP contribution in [-0.4, -0.2) is 53.2 Å². The fraction of sp³-hybridized carbons (Fsp3) is 0.875. The summed E-state index contributed by atoms with van der Waals surface area (Å²) in [6.07, 6.45) is -3.83. The minimum absolute atomic E-state index is 0.221. The van der Waals surface area contributed by atoms with E-state index in [0.717, 1.165) is 0 Å². The van der Waals surface area contributed by atoms with Crippen molar-refractivity contribution >= 4 is 5.91 Å². The summed E-state index contributed by atoms with van der Waals surface area (Å²) in [5.41, 5.74) is 16.7. The van der Waals surface area contributed by atoms with Crippen LogP contribution in [0.15, 0.2) is 10.2 Å². The summed E-state index contributed by atoms with van der Waals surface area (Å²) in [5, 5.41) is 28.6.